The molecule has 0 aliphatic carbocycles. The van der Waals surface area contributed by atoms with Crippen molar-refractivity contribution >= 4 is 23.9 Å². The molecular formula is C10H10Na2O6. The van der Waals surface area contributed by atoms with E-state index in [9.17, 15) is 19.2 Å². The van der Waals surface area contributed by atoms with Crippen molar-refractivity contribution < 1.29 is 90.6 Å². The van der Waals surface area contributed by atoms with Crippen molar-refractivity contribution in [3.63, 3.8) is 0 Å². The van der Waals surface area contributed by atoms with Gasteiger partial charge in [-0.05, 0) is 0 Å². The van der Waals surface area contributed by atoms with Crippen LogP contribution in [0.3, 0.4) is 0 Å². The molecule has 0 aromatic carbocycles. The summed E-state index contributed by atoms with van der Waals surface area (Å²) in [5, 5.41) is 0. The summed E-state index contributed by atoms with van der Waals surface area (Å²) >= 11 is 0. The van der Waals surface area contributed by atoms with Crippen LogP contribution in [0.5, 0.6) is 0 Å². The van der Waals surface area contributed by atoms with E-state index < -0.39 is 23.9 Å². The van der Waals surface area contributed by atoms with Crippen molar-refractivity contribution in [3.8, 4) is 0 Å². The summed E-state index contributed by atoms with van der Waals surface area (Å²) in [5.41, 5.74) is 0. The Bertz CT molecular complexity index is 359. The summed E-state index contributed by atoms with van der Waals surface area (Å²) in [7, 11) is 0. The van der Waals surface area contributed by atoms with Crippen LogP contribution in [0.15, 0.2) is 37.5 Å². The van der Waals surface area contributed by atoms with Crippen LogP contribution < -0.4 is 59.1 Å². The molecule has 6 nitrogen and oxygen atoms in total. The zero-order chi connectivity index (χ0) is 12.6. The molecule has 0 unspecified atom stereocenters. The maximum absolute atomic E-state index is 10.8. The predicted molar refractivity (Wildman–Crippen MR) is 54.0 cm³/mol. The van der Waals surface area contributed by atoms with E-state index in [4.69, 9.17) is 0 Å². The molecular weight excluding hydrogens is 262 g/mol. The van der Waals surface area contributed by atoms with Crippen LogP contribution in [0.25, 0.3) is 0 Å². The van der Waals surface area contributed by atoms with Gasteiger partial charge < -0.3 is 12.3 Å². The quantitative estimate of drug-likeness (QED) is 0.219. The first-order chi connectivity index (χ1) is 7.49. The number of esters is 4. The first kappa shape index (κ1) is 22.7. The monoisotopic (exact) mass is 272 g/mol. The van der Waals surface area contributed by atoms with Gasteiger partial charge >= 0.3 is 83.0 Å². The van der Waals surface area contributed by atoms with Gasteiger partial charge in [-0.3, -0.25) is 0 Å². The minimum absolute atomic E-state index is 0. The molecule has 0 saturated heterocycles. The average Bonchev–Trinajstić information content (AvgIpc) is 2.26. The second-order valence-corrected chi connectivity index (χ2v) is 2.22. The van der Waals surface area contributed by atoms with E-state index in [-0.39, 0.29) is 62.0 Å². The summed E-state index contributed by atoms with van der Waals surface area (Å²) in [5.74, 6) is -4.06. The van der Waals surface area contributed by atoms with Crippen LogP contribution in [0, 0.1) is 0 Å². The van der Waals surface area contributed by atoms with Gasteiger partial charge in [-0.15, -0.1) is 0 Å². The van der Waals surface area contributed by atoms with Crippen LogP contribution in [0.2, 0.25) is 0 Å². The van der Waals surface area contributed by atoms with Crippen LogP contribution in [-0.4, -0.2) is 23.9 Å². The molecule has 0 fully saturated rings. The van der Waals surface area contributed by atoms with Gasteiger partial charge in [0.25, 0.3) is 0 Å². The number of carbonyl (C=O) groups is 4. The standard InChI is InChI=1S/C10H8O6.2Na.2H/c1-3-7(11)15-9(13)5-6-10(14)16-8(12)4-2;;;;/h3-6H,1-2H2;;;;/q;2*+1;2*-1/b6-5-;;;;. The fraction of sp³-hybridized carbons (Fsp3) is 0. The Morgan fingerprint density at radius 1 is 0.722 bits per heavy atom. The van der Waals surface area contributed by atoms with E-state index in [1.807, 2.05) is 0 Å². The van der Waals surface area contributed by atoms with E-state index in [0.29, 0.717) is 12.2 Å². The van der Waals surface area contributed by atoms with Crippen LogP contribution in [-0.2, 0) is 28.7 Å². The number of ether oxygens (including phenoxy) is 2. The minimum Gasteiger partial charge on any atom is -1.00 e. The van der Waals surface area contributed by atoms with E-state index in [2.05, 4.69) is 22.6 Å². The van der Waals surface area contributed by atoms with Crippen molar-refractivity contribution in [2.24, 2.45) is 0 Å². The molecule has 18 heavy (non-hydrogen) atoms. The average molecular weight is 272 g/mol. The summed E-state index contributed by atoms with van der Waals surface area (Å²) in [4.78, 5) is 42.6. The molecule has 0 heterocycles. The smallest absolute Gasteiger partial charge is 1.00 e. The SMILES string of the molecule is C=CC(=O)OC(=O)/C=C\C(=O)OC(=O)C=C.[H-].[H-].[Na+].[Na+]. The predicted octanol–water partition coefficient (Wildman–Crippen LogP) is -5.71. The van der Waals surface area contributed by atoms with E-state index in [1.165, 1.54) is 0 Å². The number of hydrogen-bond acceptors (Lipinski definition) is 6. The Balaban J connectivity index is -0.000000187. The number of hydrogen-bond donors (Lipinski definition) is 0. The first-order valence-corrected chi connectivity index (χ1v) is 3.94. The molecule has 0 spiro atoms. The van der Waals surface area contributed by atoms with Gasteiger partial charge in [-0.2, -0.15) is 0 Å². The van der Waals surface area contributed by atoms with Crippen LogP contribution in [0.1, 0.15) is 2.85 Å². The Labute approximate surface area is 151 Å². The summed E-state index contributed by atoms with van der Waals surface area (Å²) in [6.07, 6.45) is 2.84. The van der Waals surface area contributed by atoms with Crippen molar-refractivity contribution in [3.05, 3.63) is 37.5 Å². The van der Waals surface area contributed by atoms with E-state index in [1.54, 1.807) is 0 Å². The molecule has 0 N–H and O–H groups in total. The van der Waals surface area contributed by atoms with Gasteiger partial charge in [-0.1, -0.05) is 13.2 Å². The maximum atomic E-state index is 10.8. The summed E-state index contributed by atoms with van der Waals surface area (Å²) in [6, 6.07) is 0. The Morgan fingerprint density at radius 2 is 1.00 bits per heavy atom. The van der Waals surface area contributed by atoms with Gasteiger partial charge in [0.1, 0.15) is 0 Å². The largest absolute Gasteiger partial charge is 1.00 e. The fourth-order valence-electron chi connectivity index (χ4n) is 0.486. The third-order valence-electron chi connectivity index (χ3n) is 1.09. The minimum atomic E-state index is -1.08. The summed E-state index contributed by atoms with van der Waals surface area (Å²) < 4.78 is 8.17. The third kappa shape index (κ3) is 12.0. The third-order valence-corrected chi connectivity index (χ3v) is 1.09. The molecule has 8 heteroatoms. The molecule has 0 saturated carbocycles. The molecule has 0 amide bonds. The zero-order valence-corrected chi connectivity index (χ0v) is 14.2. The second-order valence-electron chi connectivity index (χ2n) is 2.22. The topological polar surface area (TPSA) is 86.7 Å². The van der Waals surface area contributed by atoms with Gasteiger partial charge in [0.2, 0.25) is 0 Å². The van der Waals surface area contributed by atoms with Gasteiger partial charge in [0.15, 0.2) is 0 Å². The molecule has 0 aliphatic heterocycles. The fourth-order valence-corrected chi connectivity index (χ4v) is 0.486. The Hall–Kier alpha value is -0.500. The van der Waals surface area contributed by atoms with Gasteiger partial charge in [0.05, 0.1) is 0 Å². The number of rotatable bonds is 4. The molecule has 0 bridgehead atoms. The summed E-state index contributed by atoms with van der Waals surface area (Å²) in [6.45, 7) is 6.12. The van der Waals surface area contributed by atoms with Crippen LogP contribution in [0.4, 0.5) is 0 Å². The van der Waals surface area contributed by atoms with E-state index >= 15 is 0 Å². The first-order valence-electron chi connectivity index (χ1n) is 3.94. The molecule has 0 aromatic rings. The van der Waals surface area contributed by atoms with Crippen molar-refractivity contribution in [1.29, 1.82) is 0 Å². The maximum Gasteiger partial charge on any atom is 1.00 e. The Kier molecular flexibility index (Phi) is 16.3. The zero-order valence-electron chi connectivity index (χ0n) is 12.2. The van der Waals surface area contributed by atoms with E-state index in [0.717, 1.165) is 12.2 Å². The number of carbonyl (C=O) groups excluding carboxylic acids is 4. The van der Waals surface area contributed by atoms with Crippen molar-refractivity contribution in [1.82, 2.24) is 0 Å². The molecule has 0 rings (SSSR count). The molecule has 0 atom stereocenters. The molecule has 0 aliphatic rings. The second kappa shape index (κ2) is 12.9. The van der Waals surface area contributed by atoms with Crippen molar-refractivity contribution in [2.75, 3.05) is 0 Å². The van der Waals surface area contributed by atoms with Gasteiger partial charge in [0, 0.05) is 24.3 Å². The van der Waals surface area contributed by atoms with Crippen molar-refractivity contribution in [2.45, 2.75) is 0 Å². The Morgan fingerprint density at radius 3 is 1.22 bits per heavy atom. The normalized spacial score (nSPS) is 8.22. The molecule has 88 valence electrons. The molecule has 0 aromatic heterocycles. The van der Waals surface area contributed by atoms with Gasteiger partial charge in [-0.25, -0.2) is 19.2 Å². The van der Waals surface area contributed by atoms with Crippen LogP contribution >= 0.6 is 0 Å². The molecule has 0 radical (unpaired) electrons.